The van der Waals surface area contributed by atoms with E-state index in [1.165, 1.54) is 12.1 Å². The second kappa shape index (κ2) is 6.51. The first kappa shape index (κ1) is 13.0. The molecule has 0 aromatic heterocycles. The Hall–Kier alpha value is -2.06. The van der Waals surface area contributed by atoms with Gasteiger partial charge in [0.1, 0.15) is 5.82 Å². The maximum absolute atomic E-state index is 13.5. The van der Waals surface area contributed by atoms with Gasteiger partial charge in [-0.15, -0.1) is 0 Å². The molecule has 0 saturated heterocycles. The predicted molar refractivity (Wildman–Crippen MR) is 63.0 cm³/mol. The predicted octanol–water partition coefficient (Wildman–Crippen LogP) is 1.70. The molecule has 0 saturated carbocycles. The lowest BCUT2D eigenvalue weighted by molar-refractivity contribution is 0.168. The summed E-state index contributed by atoms with van der Waals surface area (Å²) in [5.41, 5.74) is 5.75. The van der Waals surface area contributed by atoms with E-state index in [4.69, 9.17) is 5.73 Å². The zero-order valence-electron chi connectivity index (χ0n) is 9.42. The number of carbonyl (C=O) groups is 1. The van der Waals surface area contributed by atoms with Crippen molar-refractivity contribution in [2.24, 2.45) is 5.73 Å². The maximum Gasteiger partial charge on any atom is 0.411 e. The van der Waals surface area contributed by atoms with Crippen molar-refractivity contribution in [1.82, 2.24) is 0 Å². The van der Waals surface area contributed by atoms with E-state index in [1.807, 2.05) is 0 Å². The Labute approximate surface area is 99.0 Å². The molecule has 0 spiro atoms. The van der Waals surface area contributed by atoms with Gasteiger partial charge in [-0.25, -0.2) is 9.18 Å². The van der Waals surface area contributed by atoms with Crippen LogP contribution in [0.5, 0.6) is 0 Å². The van der Waals surface area contributed by atoms with Crippen LogP contribution < -0.4 is 11.1 Å². The lowest BCUT2D eigenvalue weighted by Crippen LogP contribution is -2.13. The molecule has 0 atom stereocenters. The number of anilines is 1. The van der Waals surface area contributed by atoms with E-state index >= 15 is 0 Å². The van der Waals surface area contributed by atoms with Gasteiger partial charge in [0.25, 0.3) is 0 Å². The summed E-state index contributed by atoms with van der Waals surface area (Å²) < 4.78 is 18.1. The number of amides is 1. The van der Waals surface area contributed by atoms with Crippen molar-refractivity contribution in [3.8, 4) is 11.8 Å². The van der Waals surface area contributed by atoms with Crippen molar-refractivity contribution < 1.29 is 13.9 Å². The minimum atomic E-state index is -0.618. The van der Waals surface area contributed by atoms with Crippen molar-refractivity contribution >= 4 is 11.8 Å². The molecular formula is C12H13FN2O2. The normalized spacial score (nSPS) is 9.12. The van der Waals surface area contributed by atoms with E-state index in [-0.39, 0.29) is 18.7 Å². The summed E-state index contributed by atoms with van der Waals surface area (Å²) in [6, 6.07) is 4.19. The van der Waals surface area contributed by atoms with Gasteiger partial charge in [-0.2, -0.15) is 0 Å². The van der Waals surface area contributed by atoms with Gasteiger partial charge in [0.15, 0.2) is 0 Å². The van der Waals surface area contributed by atoms with E-state index in [1.54, 1.807) is 13.0 Å². The Morgan fingerprint density at radius 1 is 1.59 bits per heavy atom. The van der Waals surface area contributed by atoms with Gasteiger partial charge < -0.3 is 10.5 Å². The van der Waals surface area contributed by atoms with Crippen LogP contribution in [0.4, 0.5) is 14.9 Å². The van der Waals surface area contributed by atoms with E-state index in [0.717, 1.165) is 0 Å². The number of benzene rings is 1. The van der Waals surface area contributed by atoms with Crippen molar-refractivity contribution in [3.05, 3.63) is 29.6 Å². The number of hydrogen-bond donors (Lipinski definition) is 2. The van der Waals surface area contributed by atoms with Gasteiger partial charge >= 0.3 is 6.09 Å². The van der Waals surface area contributed by atoms with Crippen LogP contribution in [0.15, 0.2) is 18.2 Å². The van der Waals surface area contributed by atoms with Crippen molar-refractivity contribution in [2.45, 2.75) is 6.92 Å². The van der Waals surface area contributed by atoms with Gasteiger partial charge in [-0.05, 0) is 25.1 Å². The quantitative estimate of drug-likeness (QED) is 0.768. The first-order chi connectivity index (χ1) is 8.17. The lowest BCUT2D eigenvalue weighted by atomic mass is 10.2. The zero-order chi connectivity index (χ0) is 12.7. The Bertz CT molecular complexity index is 463. The fourth-order valence-corrected chi connectivity index (χ4v) is 1.13. The molecule has 5 heteroatoms. The average molecular weight is 236 g/mol. The van der Waals surface area contributed by atoms with E-state index in [9.17, 15) is 9.18 Å². The molecule has 0 aliphatic heterocycles. The van der Waals surface area contributed by atoms with E-state index in [0.29, 0.717) is 5.69 Å². The Morgan fingerprint density at radius 3 is 2.94 bits per heavy atom. The second-order valence-corrected chi connectivity index (χ2v) is 3.05. The third-order valence-electron chi connectivity index (χ3n) is 1.82. The molecule has 0 unspecified atom stereocenters. The number of ether oxygens (including phenoxy) is 1. The summed E-state index contributed by atoms with van der Waals surface area (Å²) >= 11 is 0. The minimum Gasteiger partial charge on any atom is -0.450 e. The molecule has 1 amide bonds. The van der Waals surface area contributed by atoms with Crippen molar-refractivity contribution in [3.63, 3.8) is 0 Å². The standard InChI is InChI=1S/C12H13FN2O2/c1-2-17-12(16)15-10-6-5-9(4-3-7-14)11(13)8-10/h5-6,8H,2,7,14H2,1H3,(H,15,16). The number of halogens is 1. The molecule has 1 rings (SSSR count). The number of nitrogens with two attached hydrogens (primary N) is 1. The van der Waals surface area contributed by atoms with Crippen LogP contribution in [-0.2, 0) is 4.74 Å². The smallest absolute Gasteiger partial charge is 0.411 e. The minimum absolute atomic E-state index is 0.169. The largest absolute Gasteiger partial charge is 0.450 e. The highest BCUT2D eigenvalue weighted by Crippen LogP contribution is 2.13. The molecule has 1 aromatic rings. The number of carbonyl (C=O) groups excluding carboxylic acids is 1. The summed E-state index contributed by atoms with van der Waals surface area (Å²) in [6.45, 7) is 2.11. The molecule has 0 heterocycles. The first-order valence-electron chi connectivity index (χ1n) is 5.09. The van der Waals surface area contributed by atoms with Gasteiger partial charge in [-0.3, -0.25) is 5.32 Å². The molecule has 17 heavy (non-hydrogen) atoms. The molecule has 3 N–H and O–H groups in total. The van der Waals surface area contributed by atoms with Crippen LogP contribution in [0, 0.1) is 17.7 Å². The van der Waals surface area contributed by atoms with Crippen LogP contribution in [0.3, 0.4) is 0 Å². The molecule has 0 radical (unpaired) electrons. The van der Waals surface area contributed by atoms with Crippen LogP contribution in [-0.4, -0.2) is 19.2 Å². The Kier molecular flexibility index (Phi) is 4.98. The highest BCUT2D eigenvalue weighted by Gasteiger charge is 2.05. The summed E-state index contributed by atoms with van der Waals surface area (Å²) in [5.74, 6) is 4.62. The van der Waals surface area contributed by atoms with E-state index in [2.05, 4.69) is 21.9 Å². The molecule has 90 valence electrons. The summed E-state index contributed by atoms with van der Waals surface area (Å²) in [5, 5.41) is 2.39. The first-order valence-corrected chi connectivity index (χ1v) is 5.09. The maximum atomic E-state index is 13.5. The van der Waals surface area contributed by atoms with Crippen molar-refractivity contribution in [2.75, 3.05) is 18.5 Å². The topological polar surface area (TPSA) is 64.3 Å². The molecule has 0 fully saturated rings. The third-order valence-corrected chi connectivity index (χ3v) is 1.82. The number of hydrogen-bond acceptors (Lipinski definition) is 3. The molecule has 4 nitrogen and oxygen atoms in total. The number of nitrogens with one attached hydrogen (secondary N) is 1. The van der Waals surface area contributed by atoms with Gasteiger partial charge in [0, 0.05) is 5.69 Å². The summed E-state index contributed by atoms with van der Waals surface area (Å²) in [6.07, 6.45) is -0.618. The molecular weight excluding hydrogens is 223 g/mol. The zero-order valence-corrected chi connectivity index (χ0v) is 9.42. The summed E-state index contributed by atoms with van der Waals surface area (Å²) in [7, 11) is 0. The third kappa shape index (κ3) is 4.13. The molecule has 0 aliphatic rings. The fourth-order valence-electron chi connectivity index (χ4n) is 1.13. The van der Waals surface area contributed by atoms with Crippen molar-refractivity contribution in [1.29, 1.82) is 0 Å². The Morgan fingerprint density at radius 2 is 2.35 bits per heavy atom. The SMILES string of the molecule is CCOC(=O)Nc1ccc(C#CCN)c(F)c1. The van der Waals surface area contributed by atoms with Gasteiger partial charge in [0.05, 0.1) is 18.7 Å². The molecule has 1 aromatic carbocycles. The van der Waals surface area contributed by atoms with Crippen LogP contribution in [0.25, 0.3) is 0 Å². The van der Waals surface area contributed by atoms with Gasteiger partial charge in [0.2, 0.25) is 0 Å². The van der Waals surface area contributed by atoms with E-state index < -0.39 is 11.9 Å². The molecule has 0 aliphatic carbocycles. The highest BCUT2D eigenvalue weighted by atomic mass is 19.1. The van der Waals surface area contributed by atoms with Gasteiger partial charge in [-0.1, -0.05) is 11.8 Å². The monoisotopic (exact) mass is 236 g/mol. The average Bonchev–Trinajstić information content (AvgIpc) is 2.28. The van der Waals surface area contributed by atoms with Crippen LogP contribution in [0.1, 0.15) is 12.5 Å². The fraction of sp³-hybridized carbons (Fsp3) is 0.250. The lowest BCUT2D eigenvalue weighted by Gasteiger charge is -2.05. The molecule has 0 bridgehead atoms. The Balaban J connectivity index is 2.78. The number of rotatable bonds is 2. The van der Waals surface area contributed by atoms with Crippen LogP contribution >= 0.6 is 0 Å². The second-order valence-electron chi connectivity index (χ2n) is 3.05. The van der Waals surface area contributed by atoms with Crippen LogP contribution in [0.2, 0.25) is 0 Å². The highest BCUT2D eigenvalue weighted by molar-refractivity contribution is 5.84. The summed E-state index contributed by atoms with van der Waals surface area (Å²) in [4.78, 5) is 11.1.